The number of halogens is 1. The number of sulfonamides is 1. The van der Waals surface area contributed by atoms with Gasteiger partial charge in [-0.15, -0.1) is 0 Å². The summed E-state index contributed by atoms with van der Waals surface area (Å²) < 4.78 is 28.9. The monoisotopic (exact) mass is 329 g/mol. The highest BCUT2D eigenvalue weighted by atomic mass is 79.9. The molecule has 2 aromatic heterocycles. The average molecular weight is 330 g/mol. The predicted molar refractivity (Wildman–Crippen MR) is 71.6 cm³/mol. The van der Waals surface area contributed by atoms with E-state index in [0.717, 1.165) is 0 Å². The van der Waals surface area contributed by atoms with Crippen LogP contribution in [-0.2, 0) is 16.6 Å². The number of hydrogen-bond acceptors (Lipinski definition) is 3. The van der Waals surface area contributed by atoms with E-state index < -0.39 is 10.0 Å². The van der Waals surface area contributed by atoms with Gasteiger partial charge >= 0.3 is 0 Å². The zero-order valence-electron chi connectivity index (χ0n) is 9.45. The van der Waals surface area contributed by atoms with Gasteiger partial charge in [-0.2, -0.15) is 0 Å². The van der Waals surface area contributed by atoms with E-state index in [1.807, 2.05) is 29.1 Å². The lowest BCUT2D eigenvalue weighted by Crippen LogP contribution is -2.27. The van der Waals surface area contributed by atoms with Crippen LogP contribution in [0.15, 0.2) is 52.4 Å². The lowest BCUT2D eigenvalue weighted by molar-refractivity contribution is 0.572. The van der Waals surface area contributed by atoms with Crippen LogP contribution in [0.2, 0.25) is 0 Å². The summed E-state index contributed by atoms with van der Waals surface area (Å²) in [7, 11) is -3.49. The predicted octanol–water partition coefficient (Wildman–Crippen LogP) is 1.62. The summed E-state index contributed by atoms with van der Waals surface area (Å²) in [6, 6.07) is 5.31. The molecule has 18 heavy (non-hydrogen) atoms. The van der Waals surface area contributed by atoms with Crippen LogP contribution < -0.4 is 4.72 Å². The molecule has 1 N–H and O–H groups in total. The van der Waals surface area contributed by atoms with Crippen LogP contribution in [-0.4, -0.2) is 24.5 Å². The third-order valence-electron chi connectivity index (χ3n) is 2.32. The molecule has 96 valence electrons. The second-order valence-electron chi connectivity index (χ2n) is 3.66. The van der Waals surface area contributed by atoms with E-state index in [1.54, 1.807) is 6.20 Å². The lowest BCUT2D eigenvalue weighted by atomic mass is 10.5. The van der Waals surface area contributed by atoms with Gasteiger partial charge in [-0.05, 0) is 34.1 Å². The molecule has 0 saturated heterocycles. The topological polar surface area (TPSA) is 64.0 Å². The Kier molecular flexibility index (Phi) is 4.15. The van der Waals surface area contributed by atoms with Gasteiger partial charge in [-0.25, -0.2) is 13.1 Å². The highest BCUT2D eigenvalue weighted by Crippen LogP contribution is 2.13. The molecule has 0 bridgehead atoms. The van der Waals surface area contributed by atoms with E-state index in [4.69, 9.17) is 0 Å². The van der Waals surface area contributed by atoms with Crippen LogP contribution in [0.3, 0.4) is 0 Å². The Morgan fingerprint density at radius 3 is 2.67 bits per heavy atom. The van der Waals surface area contributed by atoms with Gasteiger partial charge in [0.15, 0.2) is 0 Å². The molecule has 0 atom stereocenters. The van der Waals surface area contributed by atoms with Gasteiger partial charge in [0.25, 0.3) is 0 Å². The smallest absolute Gasteiger partial charge is 0.242 e. The van der Waals surface area contributed by atoms with E-state index >= 15 is 0 Å². The molecule has 0 unspecified atom stereocenters. The van der Waals surface area contributed by atoms with Gasteiger partial charge in [0.1, 0.15) is 4.90 Å². The molecule has 0 amide bonds. The number of nitrogens with zero attached hydrogens (tertiary/aromatic N) is 2. The van der Waals surface area contributed by atoms with Crippen molar-refractivity contribution in [1.82, 2.24) is 14.3 Å². The Morgan fingerprint density at radius 2 is 2.00 bits per heavy atom. The molecule has 2 heterocycles. The second kappa shape index (κ2) is 5.64. The van der Waals surface area contributed by atoms with E-state index in [9.17, 15) is 8.42 Å². The average Bonchev–Trinajstić information content (AvgIpc) is 2.82. The van der Waals surface area contributed by atoms with Crippen LogP contribution in [0, 0.1) is 0 Å². The summed E-state index contributed by atoms with van der Waals surface area (Å²) in [6.45, 7) is 0.928. The molecule has 0 fully saturated rings. The quantitative estimate of drug-likeness (QED) is 0.906. The van der Waals surface area contributed by atoms with Crippen LogP contribution in [0.4, 0.5) is 0 Å². The summed E-state index contributed by atoms with van der Waals surface area (Å²) in [5.74, 6) is 0. The Bertz CT molecular complexity index is 611. The highest BCUT2D eigenvalue weighted by molar-refractivity contribution is 9.10. The number of hydrogen-bond donors (Lipinski definition) is 1. The van der Waals surface area contributed by atoms with Crippen molar-refractivity contribution in [2.45, 2.75) is 11.4 Å². The molecule has 0 spiro atoms. The normalized spacial score (nSPS) is 11.6. The van der Waals surface area contributed by atoms with Crippen LogP contribution in [0.25, 0.3) is 0 Å². The SMILES string of the molecule is O=S(=O)(NCCn1cccc1)c1cncc(Br)c1. The maximum atomic E-state index is 11.9. The first-order chi connectivity index (χ1) is 8.58. The van der Waals surface area contributed by atoms with Gasteiger partial charge in [0.2, 0.25) is 10.0 Å². The lowest BCUT2D eigenvalue weighted by Gasteiger charge is -2.07. The molecule has 2 aromatic rings. The zero-order chi connectivity index (χ0) is 13.0. The fraction of sp³-hybridized carbons (Fsp3) is 0.182. The Morgan fingerprint density at radius 1 is 1.28 bits per heavy atom. The van der Waals surface area contributed by atoms with Crippen molar-refractivity contribution in [3.05, 3.63) is 47.5 Å². The van der Waals surface area contributed by atoms with E-state index in [0.29, 0.717) is 17.6 Å². The third-order valence-corrected chi connectivity index (χ3v) is 4.18. The fourth-order valence-corrected chi connectivity index (χ4v) is 2.98. The first kappa shape index (κ1) is 13.3. The minimum Gasteiger partial charge on any atom is -0.353 e. The van der Waals surface area contributed by atoms with Crippen molar-refractivity contribution in [2.24, 2.45) is 0 Å². The van der Waals surface area contributed by atoms with Gasteiger partial charge < -0.3 is 4.57 Å². The van der Waals surface area contributed by atoms with Crippen molar-refractivity contribution >= 4 is 26.0 Å². The molecule has 5 nitrogen and oxygen atoms in total. The number of pyridine rings is 1. The molecular formula is C11H12BrN3O2S. The van der Waals surface area contributed by atoms with Gasteiger partial charge in [0, 0.05) is 42.3 Å². The molecule has 2 rings (SSSR count). The molecule has 0 aliphatic carbocycles. The first-order valence-electron chi connectivity index (χ1n) is 5.29. The molecule has 0 aliphatic heterocycles. The summed E-state index contributed by atoms with van der Waals surface area (Å²) in [5.41, 5.74) is 0. The van der Waals surface area contributed by atoms with Gasteiger partial charge in [-0.3, -0.25) is 4.98 Å². The number of nitrogens with one attached hydrogen (secondary N) is 1. The van der Waals surface area contributed by atoms with Crippen molar-refractivity contribution in [3.63, 3.8) is 0 Å². The van der Waals surface area contributed by atoms with Gasteiger partial charge in [-0.1, -0.05) is 0 Å². The molecular weight excluding hydrogens is 318 g/mol. The molecule has 0 aliphatic rings. The molecule has 0 saturated carbocycles. The van der Waals surface area contributed by atoms with Crippen molar-refractivity contribution < 1.29 is 8.42 Å². The maximum absolute atomic E-state index is 11.9. The summed E-state index contributed by atoms with van der Waals surface area (Å²) >= 11 is 3.20. The highest BCUT2D eigenvalue weighted by Gasteiger charge is 2.13. The standard InChI is InChI=1S/C11H12BrN3O2S/c12-10-7-11(9-13-8-10)18(16,17)14-3-6-15-4-1-2-5-15/h1-2,4-5,7-9,14H,3,6H2. The zero-order valence-corrected chi connectivity index (χ0v) is 11.9. The largest absolute Gasteiger partial charge is 0.353 e. The second-order valence-corrected chi connectivity index (χ2v) is 6.34. The fourth-order valence-electron chi connectivity index (χ4n) is 1.45. The minimum atomic E-state index is -3.49. The van der Waals surface area contributed by atoms with E-state index in [-0.39, 0.29) is 4.90 Å². The number of aromatic nitrogens is 2. The van der Waals surface area contributed by atoms with E-state index in [1.165, 1.54) is 12.3 Å². The molecule has 0 aromatic carbocycles. The minimum absolute atomic E-state index is 0.157. The Balaban J connectivity index is 1.99. The summed E-state index contributed by atoms with van der Waals surface area (Å²) in [6.07, 6.45) is 6.63. The van der Waals surface area contributed by atoms with Crippen molar-refractivity contribution in [3.8, 4) is 0 Å². The maximum Gasteiger partial charge on any atom is 0.242 e. The first-order valence-corrected chi connectivity index (χ1v) is 7.56. The summed E-state index contributed by atoms with van der Waals surface area (Å²) in [5, 5.41) is 0. The molecule has 7 heteroatoms. The van der Waals surface area contributed by atoms with Gasteiger partial charge in [0.05, 0.1) is 0 Å². The Labute approximate surface area is 114 Å². The summed E-state index contributed by atoms with van der Waals surface area (Å²) in [4.78, 5) is 3.99. The number of rotatable bonds is 5. The van der Waals surface area contributed by atoms with E-state index in [2.05, 4.69) is 25.6 Å². The van der Waals surface area contributed by atoms with Crippen LogP contribution >= 0.6 is 15.9 Å². The van der Waals surface area contributed by atoms with Crippen LogP contribution in [0.1, 0.15) is 0 Å². The van der Waals surface area contributed by atoms with Crippen LogP contribution in [0.5, 0.6) is 0 Å². The third kappa shape index (κ3) is 3.41. The van der Waals surface area contributed by atoms with Crippen molar-refractivity contribution in [1.29, 1.82) is 0 Å². The van der Waals surface area contributed by atoms with Crippen molar-refractivity contribution in [2.75, 3.05) is 6.54 Å². The molecule has 0 radical (unpaired) electrons. The Hall–Kier alpha value is -1.18.